The molecular formula is C12H11F3N2O3. The fourth-order valence-corrected chi connectivity index (χ4v) is 1.13. The Morgan fingerprint density at radius 3 is 2.25 bits per heavy atom. The summed E-state index contributed by atoms with van der Waals surface area (Å²) < 4.78 is 41.2. The van der Waals surface area contributed by atoms with Crippen LogP contribution in [0.4, 0.5) is 18.9 Å². The van der Waals surface area contributed by atoms with E-state index in [0.29, 0.717) is 0 Å². The quantitative estimate of drug-likeness (QED) is 0.400. The molecule has 1 N–H and O–H groups in total. The Labute approximate surface area is 112 Å². The zero-order chi connectivity index (χ0) is 15.3. The predicted molar refractivity (Wildman–Crippen MR) is 63.4 cm³/mol. The SMILES string of the molecule is COC(=O)C(N=Nc1ccc(C)cc1)=C(O)C(F)(F)F. The number of methoxy groups -OCH3 is 1. The van der Waals surface area contributed by atoms with Crippen LogP contribution in [0, 0.1) is 6.92 Å². The van der Waals surface area contributed by atoms with Gasteiger partial charge in [-0.15, -0.1) is 5.11 Å². The van der Waals surface area contributed by atoms with E-state index in [0.717, 1.165) is 12.7 Å². The highest BCUT2D eigenvalue weighted by Gasteiger charge is 2.39. The van der Waals surface area contributed by atoms with Gasteiger partial charge in [-0.1, -0.05) is 17.7 Å². The normalized spacial score (nSPS) is 13.2. The van der Waals surface area contributed by atoms with Crippen molar-refractivity contribution in [1.29, 1.82) is 0 Å². The molecule has 0 amide bonds. The highest BCUT2D eigenvalue weighted by atomic mass is 19.4. The van der Waals surface area contributed by atoms with Gasteiger partial charge in [0.1, 0.15) is 0 Å². The molecule has 0 saturated heterocycles. The standard InChI is InChI=1S/C12H11F3N2O3/c1-7-3-5-8(6-4-7)16-17-9(11(19)20-2)10(18)12(13,14)15/h3-6,18H,1-2H3. The maximum absolute atomic E-state index is 12.4. The van der Waals surface area contributed by atoms with Crippen molar-refractivity contribution in [2.45, 2.75) is 13.1 Å². The van der Waals surface area contributed by atoms with Gasteiger partial charge >= 0.3 is 12.1 Å². The fourth-order valence-electron chi connectivity index (χ4n) is 1.13. The zero-order valence-corrected chi connectivity index (χ0v) is 10.6. The molecule has 0 aliphatic rings. The number of carbonyl (C=O) groups excluding carboxylic acids is 1. The van der Waals surface area contributed by atoms with E-state index in [2.05, 4.69) is 15.0 Å². The highest BCUT2D eigenvalue weighted by Crippen LogP contribution is 2.27. The first kappa shape index (κ1) is 15.7. The third kappa shape index (κ3) is 4.08. The number of aryl methyl sites for hydroxylation is 1. The first-order chi connectivity index (χ1) is 9.25. The molecule has 0 spiro atoms. The molecule has 8 heteroatoms. The Hall–Kier alpha value is -2.38. The smallest absolute Gasteiger partial charge is 0.451 e. The summed E-state index contributed by atoms with van der Waals surface area (Å²) in [6.45, 7) is 1.82. The highest BCUT2D eigenvalue weighted by molar-refractivity contribution is 5.88. The number of aliphatic hydroxyl groups excluding tert-OH is 1. The van der Waals surface area contributed by atoms with Gasteiger partial charge in [-0.25, -0.2) is 4.79 Å². The van der Waals surface area contributed by atoms with Gasteiger partial charge in [-0.05, 0) is 19.1 Å². The van der Waals surface area contributed by atoms with Crippen molar-refractivity contribution in [1.82, 2.24) is 0 Å². The maximum atomic E-state index is 12.4. The number of ether oxygens (including phenoxy) is 1. The van der Waals surface area contributed by atoms with Crippen LogP contribution in [0.2, 0.25) is 0 Å². The molecule has 1 rings (SSSR count). The number of azo groups is 1. The topological polar surface area (TPSA) is 71.2 Å². The summed E-state index contributed by atoms with van der Waals surface area (Å²) in [7, 11) is 0.868. The van der Waals surface area contributed by atoms with Crippen LogP contribution in [0.5, 0.6) is 0 Å². The summed E-state index contributed by atoms with van der Waals surface area (Å²) >= 11 is 0. The Bertz CT molecular complexity index is 548. The maximum Gasteiger partial charge on any atom is 0.451 e. The number of carbonyl (C=O) groups is 1. The summed E-state index contributed by atoms with van der Waals surface area (Å²) in [5.74, 6) is -3.59. The molecule has 0 radical (unpaired) electrons. The molecule has 20 heavy (non-hydrogen) atoms. The summed E-state index contributed by atoms with van der Waals surface area (Å²) in [6, 6.07) is 6.33. The second kappa shape index (κ2) is 6.18. The van der Waals surface area contributed by atoms with Crippen molar-refractivity contribution in [3.63, 3.8) is 0 Å². The summed E-state index contributed by atoms with van der Waals surface area (Å²) in [4.78, 5) is 11.2. The summed E-state index contributed by atoms with van der Waals surface area (Å²) in [6.07, 6.45) is -5.12. The number of hydrogen-bond acceptors (Lipinski definition) is 5. The number of nitrogens with zero attached hydrogens (tertiary/aromatic N) is 2. The summed E-state index contributed by atoms with van der Waals surface area (Å²) in [5.41, 5.74) is -0.154. The van der Waals surface area contributed by atoms with Gasteiger partial charge in [0, 0.05) is 0 Å². The van der Waals surface area contributed by atoms with Crippen LogP contribution >= 0.6 is 0 Å². The number of aliphatic hydroxyl groups is 1. The Balaban J connectivity index is 3.15. The molecule has 5 nitrogen and oxygen atoms in total. The molecule has 1 aromatic carbocycles. The molecule has 0 aliphatic heterocycles. The first-order valence-corrected chi connectivity index (χ1v) is 5.33. The monoisotopic (exact) mass is 288 g/mol. The van der Waals surface area contributed by atoms with E-state index in [1.54, 1.807) is 12.1 Å². The lowest BCUT2D eigenvalue weighted by atomic mass is 10.2. The molecule has 108 valence electrons. The van der Waals surface area contributed by atoms with E-state index < -0.39 is 23.6 Å². The third-order valence-corrected chi connectivity index (χ3v) is 2.17. The van der Waals surface area contributed by atoms with E-state index >= 15 is 0 Å². The van der Waals surface area contributed by atoms with Crippen molar-refractivity contribution < 1.29 is 27.8 Å². The number of esters is 1. The van der Waals surface area contributed by atoms with Crippen LogP contribution in [-0.4, -0.2) is 24.4 Å². The van der Waals surface area contributed by atoms with Gasteiger partial charge in [0.25, 0.3) is 0 Å². The number of benzene rings is 1. The molecule has 0 unspecified atom stereocenters. The van der Waals surface area contributed by atoms with E-state index in [1.165, 1.54) is 12.1 Å². The van der Waals surface area contributed by atoms with Crippen molar-refractivity contribution in [2.75, 3.05) is 7.11 Å². The number of halogens is 3. The van der Waals surface area contributed by atoms with Crippen LogP contribution in [0.1, 0.15) is 5.56 Å². The molecule has 0 saturated carbocycles. The molecule has 0 fully saturated rings. The van der Waals surface area contributed by atoms with E-state index in [9.17, 15) is 18.0 Å². The van der Waals surface area contributed by atoms with Crippen molar-refractivity contribution in [2.24, 2.45) is 10.2 Å². The number of rotatable bonds is 3. The van der Waals surface area contributed by atoms with E-state index in [1.807, 2.05) is 6.92 Å². The van der Waals surface area contributed by atoms with Crippen molar-refractivity contribution in [3.8, 4) is 0 Å². The van der Waals surface area contributed by atoms with Crippen LogP contribution in [0.25, 0.3) is 0 Å². The van der Waals surface area contributed by atoms with Crippen molar-refractivity contribution >= 4 is 11.7 Å². The van der Waals surface area contributed by atoms with Crippen molar-refractivity contribution in [3.05, 3.63) is 41.3 Å². The second-order valence-corrected chi connectivity index (χ2v) is 3.72. The van der Waals surface area contributed by atoms with Gasteiger partial charge in [0.05, 0.1) is 12.8 Å². The molecule has 0 bridgehead atoms. The lowest BCUT2D eigenvalue weighted by molar-refractivity contribution is -0.141. The van der Waals surface area contributed by atoms with Crippen LogP contribution in [0.3, 0.4) is 0 Å². The lowest BCUT2D eigenvalue weighted by Gasteiger charge is -2.07. The molecule has 1 aromatic rings. The van der Waals surface area contributed by atoms with Gasteiger partial charge in [-0.3, -0.25) is 0 Å². The largest absolute Gasteiger partial charge is 0.502 e. The minimum Gasteiger partial charge on any atom is -0.502 e. The van der Waals surface area contributed by atoms with Crippen LogP contribution < -0.4 is 0 Å². The van der Waals surface area contributed by atoms with E-state index in [-0.39, 0.29) is 5.69 Å². The minimum absolute atomic E-state index is 0.229. The van der Waals surface area contributed by atoms with Gasteiger partial charge in [0.15, 0.2) is 0 Å². The average Bonchev–Trinajstić information content (AvgIpc) is 2.39. The number of allylic oxidation sites excluding steroid dienone is 1. The van der Waals surface area contributed by atoms with Gasteiger partial charge < -0.3 is 9.84 Å². The number of hydrogen-bond donors (Lipinski definition) is 1. The molecule has 0 heterocycles. The molecular weight excluding hydrogens is 277 g/mol. The zero-order valence-electron chi connectivity index (χ0n) is 10.6. The predicted octanol–water partition coefficient (Wildman–Crippen LogP) is 3.58. The Morgan fingerprint density at radius 2 is 1.80 bits per heavy atom. The minimum atomic E-state index is -5.12. The Morgan fingerprint density at radius 1 is 1.25 bits per heavy atom. The third-order valence-electron chi connectivity index (χ3n) is 2.17. The average molecular weight is 288 g/mol. The first-order valence-electron chi connectivity index (χ1n) is 5.33. The van der Waals surface area contributed by atoms with Crippen LogP contribution in [-0.2, 0) is 9.53 Å². The molecule has 0 aromatic heterocycles. The van der Waals surface area contributed by atoms with Crippen LogP contribution in [0.15, 0.2) is 46.0 Å². The lowest BCUT2D eigenvalue weighted by Crippen LogP contribution is -2.17. The Kier molecular flexibility index (Phi) is 4.84. The number of alkyl halides is 3. The summed E-state index contributed by atoms with van der Waals surface area (Å²) in [5, 5.41) is 15.5. The fraction of sp³-hybridized carbons (Fsp3) is 0.250. The van der Waals surface area contributed by atoms with E-state index in [4.69, 9.17) is 5.11 Å². The molecule has 0 aliphatic carbocycles. The molecule has 0 atom stereocenters. The van der Waals surface area contributed by atoms with Gasteiger partial charge in [0.2, 0.25) is 11.5 Å². The second-order valence-electron chi connectivity index (χ2n) is 3.72. The van der Waals surface area contributed by atoms with Gasteiger partial charge in [-0.2, -0.15) is 18.3 Å².